The highest BCUT2D eigenvalue weighted by Crippen LogP contribution is 2.40. The summed E-state index contributed by atoms with van der Waals surface area (Å²) in [6, 6.07) is 21.1. The third-order valence-electron chi connectivity index (χ3n) is 4.74. The molecule has 0 aromatic heterocycles. The number of anilines is 2. The zero-order valence-electron chi connectivity index (χ0n) is 17.3. The molecular weight excluding hydrogens is 448 g/mol. The van der Waals surface area contributed by atoms with Gasteiger partial charge in [-0.15, -0.1) is 0 Å². The lowest BCUT2D eigenvalue weighted by molar-refractivity contribution is -0.120. The van der Waals surface area contributed by atoms with E-state index in [-0.39, 0.29) is 10.6 Å². The molecule has 3 aromatic carbocycles. The van der Waals surface area contributed by atoms with Crippen LogP contribution in [0.5, 0.6) is 11.5 Å². The van der Waals surface area contributed by atoms with Gasteiger partial charge in [0, 0.05) is 21.7 Å². The number of methoxy groups -OCH3 is 2. The summed E-state index contributed by atoms with van der Waals surface area (Å²) in [5, 5.41) is 3.70. The van der Waals surface area contributed by atoms with Crippen molar-refractivity contribution in [3.8, 4) is 11.5 Å². The first-order valence-electron chi connectivity index (χ1n) is 9.62. The maximum atomic E-state index is 13.5. The van der Waals surface area contributed by atoms with Gasteiger partial charge >= 0.3 is 0 Å². The predicted molar refractivity (Wildman–Crippen MR) is 126 cm³/mol. The van der Waals surface area contributed by atoms with Crippen LogP contribution in [0.15, 0.2) is 88.3 Å². The Morgan fingerprint density at radius 1 is 0.875 bits per heavy atom. The molecule has 3 aromatic rings. The van der Waals surface area contributed by atoms with Gasteiger partial charge in [-0.2, -0.15) is 0 Å². The summed E-state index contributed by atoms with van der Waals surface area (Å²) in [5.41, 5.74) is 1.17. The fourth-order valence-corrected chi connectivity index (χ4v) is 4.27. The summed E-state index contributed by atoms with van der Waals surface area (Å²) in [5.74, 6) is 0.136. The molecular formula is C24H19ClN2O4S. The third-order valence-corrected chi connectivity index (χ3v) is 6.08. The van der Waals surface area contributed by atoms with Gasteiger partial charge in [0.15, 0.2) is 0 Å². The van der Waals surface area contributed by atoms with E-state index in [1.807, 2.05) is 0 Å². The fourth-order valence-electron chi connectivity index (χ4n) is 3.21. The highest BCUT2D eigenvalue weighted by molar-refractivity contribution is 8.04. The number of carbonyl (C=O) groups excluding carboxylic acids is 2. The maximum absolute atomic E-state index is 13.5. The topological polar surface area (TPSA) is 67.9 Å². The number of rotatable bonds is 7. The van der Waals surface area contributed by atoms with Crippen LogP contribution in [-0.2, 0) is 9.59 Å². The Morgan fingerprint density at radius 2 is 1.62 bits per heavy atom. The molecule has 0 aliphatic carbocycles. The van der Waals surface area contributed by atoms with Gasteiger partial charge in [0.05, 0.1) is 19.9 Å². The molecule has 4 rings (SSSR count). The molecule has 0 saturated carbocycles. The van der Waals surface area contributed by atoms with Crippen molar-refractivity contribution in [1.82, 2.24) is 0 Å². The molecule has 1 N–H and O–H groups in total. The second-order valence-electron chi connectivity index (χ2n) is 6.73. The zero-order chi connectivity index (χ0) is 22.7. The summed E-state index contributed by atoms with van der Waals surface area (Å²) in [6.07, 6.45) is 0. The summed E-state index contributed by atoms with van der Waals surface area (Å²) < 4.78 is 10.7. The molecule has 0 unspecified atom stereocenters. The molecule has 0 atom stereocenters. The number of thioether (sulfide) groups is 1. The van der Waals surface area contributed by atoms with Gasteiger partial charge in [-0.1, -0.05) is 41.6 Å². The second-order valence-corrected chi connectivity index (χ2v) is 8.25. The molecule has 6 nitrogen and oxygen atoms in total. The van der Waals surface area contributed by atoms with E-state index in [0.717, 1.165) is 9.80 Å². The molecule has 0 bridgehead atoms. The molecule has 1 heterocycles. The van der Waals surface area contributed by atoms with Crippen LogP contribution in [0.2, 0.25) is 5.02 Å². The van der Waals surface area contributed by atoms with Crippen molar-refractivity contribution in [1.29, 1.82) is 0 Å². The number of hydrogen-bond acceptors (Lipinski definition) is 6. The van der Waals surface area contributed by atoms with Crippen molar-refractivity contribution in [3.05, 3.63) is 88.4 Å². The van der Waals surface area contributed by atoms with Gasteiger partial charge in [-0.25, -0.2) is 4.90 Å². The van der Waals surface area contributed by atoms with Crippen LogP contribution < -0.4 is 19.7 Å². The van der Waals surface area contributed by atoms with E-state index >= 15 is 0 Å². The normalized spacial score (nSPS) is 13.5. The number of amides is 2. The molecule has 1 aliphatic heterocycles. The van der Waals surface area contributed by atoms with E-state index in [1.165, 1.54) is 18.9 Å². The summed E-state index contributed by atoms with van der Waals surface area (Å²) >= 11 is 7.19. The lowest BCUT2D eigenvalue weighted by Crippen LogP contribution is -2.32. The van der Waals surface area contributed by atoms with Crippen LogP contribution in [0.4, 0.5) is 11.4 Å². The fraction of sp³-hybridized carbons (Fsp3) is 0.0833. The number of para-hydroxylation sites is 2. The second kappa shape index (κ2) is 9.38. The van der Waals surface area contributed by atoms with Crippen LogP contribution >= 0.6 is 23.4 Å². The van der Waals surface area contributed by atoms with E-state index in [1.54, 1.807) is 79.9 Å². The Bertz CT molecular complexity index is 1210. The van der Waals surface area contributed by atoms with Crippen molar-refractivity contribution >= 4 is 46.6 Å². The lowest BCUT2D eigenvalue weighted by atomic mass is 10.2. The van der Waals surface area contributed by atoms with Gasteiger partial charge in [-0.05, 0) is 48.5 Å². The SMILES string of the molecule is COc1cccc(NC2=C(Sc3ccc(Cl)cc3)C(=O)N(c3ccccc3OC)C2=O)c1. The molecule has 162 valence electrons. The van der Waals surface area contributed by atoms with Crippen molar-refractivity contribution < 1.29 is 19.1 Å². The van der Waals surface area contributed by atoms with Crippen molar-refractivity contribution in [2.75, 3.05) is 24.4 Å². The van der Waals surface area contributed by atoms with Crippen LogP contribution in [0.3, 0.4) is 0 Å². The summed E-state index contributed by atoms with van der Waals surface area (Å²) in [7, 11) is 3.06. The standard InChI is InChI=1S/C24H19ClN2O4S/c1-30-17-7-5-6-16(14-17)26-21-22(32-18-12-10-15(25)11-13-18)24(29)27(23(21)28)19-8-3-4-9-20(19)31-2/h3-14,26H,1-2H3. The molecule has 0 fully saturated rings. The van der Waals surface area contributed by atoms with E-state index in [0.29, 0.717) is 27.9 Å². The van der Waals surface area contributed by atoms with Crippen molar-refractivity contribution in [2.24, 2.45) is 0 Å². The largest absolute Gasteiger partial charge is 0.497 e. The molecule has 0 saturated heterocycles. The van der Waals surface area contributed by atoms with Crippen LogP contribution in [0.1, 0.15) is 0 Å². The van der Waals surface area contributed by atoms with Gasteiger partial charge in [0.25, 0.3) is 11.8 Å². The Morgan fingerprint density at radius 3 is 2.34 bits per heavy atom. The highest BCUT2D eigenvalue weighted by Gasteiger charge is 2.41. The number of halogens is 1. The first-order valence-corrected chi connectivity index (χ1v) is 10.8. The monoisotopic (exact) mass is 466 g/mol. The number of ether oxygens (including phenoxy) is 2. The number of benzene rings is 3. The van der Waals surface area contributed by atoms with Crippen LogP contribution in [-0.4, -0.2) is 26.0 Å². The number of carbonyl (C=O) groups is 2. The minimum atomic E-state index is -0.473. The summed E-state index contributed by atoms with van der Waals surface area (Å²) in [4.78, 5) is 29.1. The predicted octanol–water partition coefficient (Wildman–Crippen LogP) is 5.35. The molecule has 1 aliphatic rings. The Hall–Kier alpha value is -3.42. The average Bonchev–Trinajstić information content (AvgIpc) is 3.04. The molecule has 2 amide bonds. The van der Waals surface area contributed by atoms with Gasteiger partial charge < -0.3 is 14.8 Å². The Balaban J connectivity index is 1.77. The van der Waals surface area contributed by atoms with Crippen LogP contribution in [0, 0.1) is 0 Å². The van der Waals surface area contributed by atoms with Crippen LogP contribution in [0.25, 0.3) is 0 Å². The first-order chi connectivity index (χ1) is 15.5. The zero-order valence-corrected chi connectivity index (χ0v) is 18.9. The van der Waals surface area contributed by atoms with E-state index < -0.39 is 11.8 Å². The van der Waals surface area contributed by atoms with E-state index in [9.17, 15) is 9.59 Å². The number of nitrogens with one attached hydrogen (secondary N) is 1. The van der Waals surface area contributed by atoms with Gasteiger partial charge in [-0.3, -0.25) is 9.59 Å². The minimum absolute atomic E-state index is 0.175. The lowest BCUT2D eigenvalue weighted by Gasteiger charge is -2.18. The van der Waals surface area contributed by atoms with E-state index in [2.05, 4.69) is 5.32 Å². The first kappa shape index (κ1) is 21.8. The smallest absolute Gasteiger partial charge is 0.283 e. The molecule has 0 radical (unpaired) electrons. The summed E-state index contributed by atoms with van der Waals surface area (Å²) in [6.45, 7) is 0. The highest BCUT2D eigenvalue weighted by atomic mass is 35.5. The molecule has 0 spiro atoms. The number of hydrogen-bond donors (Lipinski definition) is 1. The number of nitrogens with zero attached hydrogens (tertiary/aromatic N) is 1. The van der Waals surface area contributed by atoms with Crippen molar-refractivity contribution in [3.63, 3.8) is 0 Å². The van der Waals surface area contributed by atoms with Crippen molar-refractivity contribution in [2.45, 2.75) is 4.90 Å². The quantitative estimate of drug-likeness (QED) is 0.474. The molecule has 8 heteroatoms. The Kier molecular flexibility index (Phi) is 6.39. The third kappa shape index (κ3) is 4.30. The molecule has 32 heavy (non-hydrogen) atoms. The van der Waals surface area contributed by atoms with Gasteiger partial charge in [0.1, 0.15) is 22.1 Å². The average molecular weight is 467 g/mol. The minimum Gasteiger partial charge on any atom is -0.497 e. The Labute approximate surface area is 194 Å². The number of imide groups is 1. The van der Waals surface area contributed by atoms with Gasteiger partial charge in [0.2, 0.25) is 0 Å². The maximum Gasteiger partial charge on any atom is 0.283 e. The van der Waals surface area contributed by atoms with E-state index in [4.69, 9.17) is 21.1 Å².